The number of carbonyl (C=O) groups is 1. The topological polar surface area (TPSA) is 53.4 Å². The van der Waals surface area contributed by atoms with Crippen LogP contribution in [0.5, 0.6) is 0 Å². The lowest BCUT2D eigenvalue weighted by Crippen LogP contribution is -2.39. The number of carboxylic acids is 1. The van der Waals surface area contributed by atoms with E-state index in [-0.39, 0.29) is 17.8 Å². The fraction of sp³-hybridized carbons (Fsp3) is 0.368. The summed E-state index contributed by atoms with van der Waals surface area (Å²) in [6.07, 6.45) is 4.87. The van der Waals surface area contributed by atoms with Gasteiger partial charge in [0.1, 0.15) is 5.82 Å². The number of likely N-dealkylation sites (tertiary alicyclic amines) is 1. The molecule has 1 aliphatic rings. The summed E-state index contributed by atoms with van der Waals surface area (Å²) in [5, 5.41) is 9.20. The molecule has 0 radical (unpaired) electrons. The number of piperidine rings is 1. The molecule has 0 bridgehead atoms. The normalized spacial score (nSPS) is 17.6. The fourth-order valence-corrected chi connectivity index (χ4v) is 3.43. The van der Waals surface area contributed by atoms with Crippen molar-refractivity contribution in [3.8, 4) is 0 Å². The van der Waals surface area contributed by atoms with Crippen LogP contribution in [-0.2, 0) is 4.79 Å². The van der Waals surface area contributed by atoms with Crippen molar-refractivity contribution in [2.24, 2.45) is 5.92 Å². The predicted molar refractivity (Wildman–Crippen MR) is 89.1 cm³/mol. The predicted octanol–water partition coefficient (Wildman–Crippen LogP) is 3.42. The number of aromatic nitrogens is 1. The first-order valence-corrected chi connectivity index (χ1v) is 8.19. The lowest BCUT2D eigenvalue weighted by molar-refractivity contribution is -0.143. The van der Waals surface area contributed by atoms with Crippen molar-refractivity contribution < 1.29 is 14.3 Å². The first-order valence-electron chi connectivity index (χ1n) is 8.19. The average Bonchev–Trinajstić information content (AvgIpc) is 2.59. The van der Waals surface area contributed by atoms with Gasteiger partial charge in [0, 0.05) is 12.4 Å². The van der Waals surface area contributed by atoms with Gasteiger partial charge in [0.25, 0.3) is 0 Å². The Morgan fingerprint density at radius 1 is 1.25 bits per heavy atom. The van der Waals surface area contributed by atoms with Gasteiger partial charge in [-0.05, 0) is 67.7 Å². The van der Waals surface area contributed by atoms with Crippen LogP contribution >= 0.6 is 0 Å². The minimum atomic E-state index is -0.715. The number of halogens is 1. The summed E-state index contributed by atoms with van der Waals surface area (Å²) in [6, 6.07) is 8.55. The molecule has 1 fully saturated rings. The molecule has 1 aliphatic heterocycles. The summed E-state index contributed by atoms with van der Waals surface area (Å²) in [4.78, 5) is 17.6. The van der Waals surface area contributed by atoms with E-state index in [1.165, 1.54) is 12.1 Å². The van der Waals surface area contributed by atoms with Gasteiger partial charge in [-0.25, -0.2) is 4.39 Å². The van der Waals surface area contributed by atoms with Gasteiger partial charge in [-0.3, -0.25) is 14.7 Å². The van der Waals surface area contributed by atoms with Crippen LogP contribution < -0.4 is 0 Å². The maximum Gasteiger partial charge on any atom is 0.306 e. The van der Waals surface area contributed by atoms with Crippen molar-refractivity contribution in [3.05, 3.63) is 65.2 Å². The van der Waals surface area contributed by atoms with Crippen molar-refractivity contribution in [3.63, 3.8) is 0 Å². The largest absolute Gasteiger partial charge is 0.481 e. The Morgan fingerprint density at radius 3 is 2.50 bits per heavy atom. The van der Waals surface area contributed by atoms with Gasteiger partial charge in [0.2, 0.25) is 0 Å². The molecule has 0 amide bonds. The second-order valence-electron chi connectivity index (χ2n) is 6.33. The van der Waals surface area contributed by atoms with E-state index in [0.717, 1.165) is 16.7 Å². The van der Waals surface area contributed by atoms with Crippen molar-refractivity contribution in [1.82, 2.24) is 9.88 Å². The first kappa shape index (κ1) is 16.6. The van der Waals surface area contributed by atoms with E-state index in [1.807, 2.05) is 31.3 Å². The molecule has 3 rings (SSSR count). The Bertz CT molecular complexity index is 710. The van der Waals surface area contributed by atoms with Crippen LogP contribution in [0.1, 0.15) is 35.6 Å². The molecule has 1 atom stereocenters. The van der Waals surface area contributed by atoms with E-state index in [0.29, 0.717) is 25.9 Å². The van der Waals surface area contributed by atoms with Crippen molar-refractivity contribution in [1.29, 1.82) is 0 Å². The highest BCUT2D eigenvalue weighted by Gasteiger charge is 2.30. The molecule has 1 N–H and O–H groups in total. The molecule has 1 unspecified atom stereocenters. The van der Waals surface area contributed by atoms with Crippen molar-refractivity contribution >= 4 is 5.97 Å². The lowest BCUT2D eigenvalue weighted by Gasteiger charge is -2.37. The van der Waals surface area contributed by atoms with Crippen LogP contribution in [0.4, 0.5) is 4.39 Å². The summed E-state index contributed by atoms with van der Waals surface area (Å²) in [7, 11) is 0. The highest BCUT2D eigenvalue weighted by molar-refractivity contribution is 5.70. The van der Waals surface area contributed by atoms with E-state index in [4.69, 9.17) is 0 Å². The Kier molecular flexibility index (Phi) is 4.90. The van der Waals surface area contributed by atoms with E-state index in [9.17, 15) is 14.3 Å². The molecule has 1 saturated heterocycles. The number of hydrogen-bond donors (Lipinski definition) is 1. The Balaban J connectivity index is 1.93. The monoisotopic (exact) mass is 328 g/mol. The maximum atomic E-state index is 13.3. The fourth-order valence-electron chi connectivity index (χ4n) is 3.43. The number of aliphatic carboxylic acids is 1. The Morgan fingerprint density at radius 2 is 1.92 bits per heavy atom. The second-order valence-corrected chi connectivity index (χ2v) is 6.33. The number of carboxylic acid groups (broad SMARTS) is 1. The zero-order chi connectivity index (χ0) is 17.1. The summed E-state index contributed by atoms with van der Waals surface area (Å²) in [5.74, 6) is -1.24. The molecule has 0 saturated carbocycles. The zero-order valence-corrected chi connectivity index (χ0v) is 13.7. The number of benzene rings is 1. The van der Waals surface area contributed by atoms with E-state index in [1.54, 1.807) is 6.20 Å². The highest BCUT2D eigenvalue weighted by atomic mass is 19.1. The minimum absolute atomic E-state index is 0.0108. The number of rotatable bonds is 4. The quantitative estimate of drug-likeness (QED) is 0.934. The van der Waals surface area contributed by atoms with Gasteiger partial charge >= 0.3 is 5.97 Å². The second kappa shape index (κ2) is 7.09. The summed E-state index contributed by atoms with van der Waals surface area (Å²) >= 11 is 0. The van der Waals surface area contributed by atoms with Gasteiger partial charge < -0.3 is 5.11 Å². The van der Waals surface area contributed by atoms with Gasteiger partial charge in [-0.2, -0.15) is 0 Å². The third-order valence-corrected chi connectivity index (χ3v) is 4.79. The van der Waals surface area contributed by atoms with Gasteiger partial charge in [0.15, 0.2) is 0 Å². The summed E-state index contributed by atoms with van der Waals surface area (Å²) in [6.45, 7) is 3.43. The van der Waals surface area contributed by atoms with Crippen LogP contribution in [0.25, 0.3) is 0 Å². The molecule has 0 aliphatic carbocycles. The van der Waals surface area contributed by atoms with E-state index in [2.05, 4.69) is 9.88 Å². The van der Waals surface area contributed by atoms with Crippen molar-refractivity contribution in [2.45, 2.75) is 25.8 Å². The average molecular weight is 328 g/mol. The summed E-state index contributed by atoms with van der Waals surface area (Å²) in [5.41, 5.74) is 3.22. The standard InChI is InChI=1S/C19H21FN2O2/c1-13-12-21-9-6-17(13)18(14-2-4-16(20)5-3-14)22-10-7-15(8-11-22)19(23)24/h2-6,9,12,15,18H,7-8,10-11H2,1H3,(H,23,24). The maximum absolute atomic E-state index is 13.3. The molecule has 4 nitrogen and oxygen atoms in total. The zero-order valence-electron chi connectivity index (χ0n) is 13.7. The molecule has 126 valence electrons. The molecule has 24 heavy (non-hydrogen) atoms. The van der Waals surface area contributed by atoms with Crippen LogP contribution in [0.15, 0.2) is 42.7 Å². The molecular formula is C19H21FN2O2. The van der Waals surface area contributed by atoms with Gasteiger partial charge in [0.05, 0.1) is 12.0 Å². The first-order chi connectivity index (χ1) is 11.6. The third-order valence-electron chi connectivity index (χ3n) is 4.79. The number of pyridine rings is 1. The van der Waals surface area contributed by atoms with Gasteiger partial charge in [-0.15, -0.1) is 0 Å². The molecule has 5 heteroatoms. The smallest absolute Gasteiger partial charge is 0.306 e. The highest BCUT2D eigenvalue weighted by Crippen LogP contribution is 2.33. The molecule has 2 aromatic rings. The number of hydrogen-bond acceptors (Lipinski definition) is 3. The summed E-state index contributed by atoms with van der Waals surface area (Å²) < 4.78 is 13.3. The molecule has 1 aromatic carbocycles. The van der Waals surface area contributed by atoms with Crippen molar-refractivity contribution in [2.75, 3.05) is 13.1 Å². The number of nitrogens with zero attached hydrogens (tertiary/aromatic N) is 2. The molecule has 2 heterocycles. The Labute approximate surface area is 141 Å². The molecular weight excluding hydrogens is 307 g/mol. The minimum Gasteiger partial charge on any atom is -0.481 e. The SMILES string of the molecule is Cc1cnccc1C(c1ccc(F)cc1)N1CCC(C(=O)O)CC1. The van der Waals surface area contributed by atoms with Crippen LogP contribution in [0.3, 0.4) is 0 Å². The third kappa shape index (κ3) is 3.46. The van der Waals surface area contributed by atoms with E-state index < -0.39 is 5.97 Å². The van der Waals surface area contributed by atoms with Gasteiger partial charge in [-0.1, -0.05) is 12.1 Å². The van der Waals surface area contributed by atoms with Crippen LogP contribution in [-0.4, -0.2) is 34.0 Å². The lowest BCUT2D eigenvalue weighted by atomic mass is 9.90. The molecule has 0 spiro atoms. The van der Waals surface area contributed by atoms with Crippen LogP contribution in [0, 0.1) is 18.7 Å². The van der Waals surface area contributed by atoms with Crippen LogP contribution in [0.2, 0.25) is 0 Å². The molecule has 1 aromatic heterocycles. The Hall–Kier alpha value is -2.27. The number of aryl methyl sites for hydroxylation is 1. The van der Waals surface area contributed by atoms with E-state index >= 15 is 0 Å².